The Morgan fingerprint density at radius 3 is 2.53 bits per heavy atom. The molecule has 0 saturated heterocycles. The van der Waals surface area contributed by atoms with E-state index >= 15 is 0 Å². The number of aliphatic hydroxyl groups is 1. The van der Waals surface area contributed by atoms with Crippen LogP contribution >= 0.6 is 0 Å². The number of nitrogens with two attached hydrogens (primary N) is 1. The highest BCUT2D eigenvalue weighted by molar-refractivity contribution is 7.89. The second-order valence-corrected chi connectivity index (χ2v) is 5.73. The number of hydrogen-bond donors (Lipinski definition) is 3. The van der Waals surface area contributed by atoms with E-state index in [2.05, 4.69) is 4.72 Å². The average Bonchev–Trinajstić information content (AvgIpc) is 2.33. The Bertz CT molecular complexity index is 535. The molecule has 8 heteroatoms. The lowest BCUT2D eigenvalue weighted by Crippen LogP contribution is -2.26. The van der Waals surface area contributed by atoms with Crippen LogP contribution in [0.15, 0.2) is 17.0 Å². The summed E-state index contributed by atoms with van der Waals surface area (Å²) < 4.78 is 52.2. The molecule has 0 unspecified atom stereocenters. The molecule has 0 bridgehead atoms. The van der Waals surface area contributed by atoms with E-state index in [9.17, 15) is 17.2 Å². The Balaban J connectivity index is 2.78. The summed E-state index contributed by atoms with van der Waals surface area (Å²) in [5.74, 6) is -2.75. The fourth-order valence-electron chi connectivity index (χ4n) is 1.48. The van der Waals surface area contributed by atoms with Crippen LogP contribution in [0, 0.1) is 11.6 Å². The third-order valence-electron chi connectivity index (χ3n) is 2.43. The molecule has 0 aromatic heterocycles. The van der Waals surface area contributed by atoms with Crippen LogP contribution < -0.4 is 10.5 Å². The Labute approximate surface area is 110 Å². The SMILES string of the molecule is Nc1cc(F)c(F)c(S(=O)(=O)NCCCCCO)c1. The summed E-state index contributed by atoms with van der Waals surface area (Å²) in [5, 5.41) is 8.56. The van der Waals surface area contributed by atoms with Crippen molar-refractivity contribution in [1.82, 2.24) is 4.72 Å². The van der Waals surface area contributed by atoms with Crippen molar-refractivity contribution in [3.05, 3.63) is 23.8 Å². The number of hydrogen-bond acceptors (Lipinski definition) is 4. The van der Waals surface area contributed by atoms with Crippen LogP contribution in [0.3, 0.4) is 0 Å². The molecule has 0 fully saturated rings. The van der Waals surface area contributed by atoms with Gasteiger partial charge in [-0.15, -0.1) is 0 Å². The number of benzene rings is 1. The summed E-state index contributed by atoms with van der Waals surface area (Å²) in [4.78, 5) is -0.799. The van der Waals surface area contributed by atoms with E-state index in [0.29, 0.717) is 19.3 Å². The highest BCUT2D eigenvalue weighted by Gasteiger charge is 2.22. The zero-order valence-electron chi connectivity index (χ0n) is 10.2. The number of halogens is 2. The van der Waals surface area contributed by atoms with Gasteiger partial charge in [-0.25, -0.2) is 21.9 Å². The maximum atomic E-state index is 13.4. The van der Waals surface area contributed by atoms with Gasteiger partial charge in [0.25, 0.3) is 0 Å². The summed E-state index contributed by atoms with van der Waals surface area (Å²) in [6.07, 6.45) is 1.68. The fourth-order valence-corrected chi connectivity index (χ4v) is 2.67. The molecule has 4 N–H and O–H groups in total. The van der Waals surface area contributed by atoms with Crippen LogP contribution in [-0.2, 0) is 10.0 Å². The molecule has 1 aromatic rings. The lowest BCUT2D eigenvalue weighted by molar-refractivity contribution is 0.283. The van der Waals surface area contributed by atoms with Crippen molar-refractivity contribution in [2.24, 2.45) is 0 Å². The number of rotatable bonds is 7. The molecule has 0 aliphatic heterocycles. The van der Waals surface area contributed by atoms with E-state index in [0.717, 1.165) is 12.1 Å². The molecule has 0 heterocycles. The van der Waals surface area contributed by atoms with Crippen molar-refractivity contribution >= 4 is 15.7 Å². The fraction of sp³-hybridized carbons (Fsp3) is 0.455. The van der Waals surface area contributed by atoms with Gasteiger partial charge >= 0.3 is 0 Å². The highest BCUT2D eigenvalue weighted by atomic mass is 32.2. The van der Waals surface area contributed by atoms with E-state index in [1.807, 2.05) is 0 Å². The summed E-state index contributed by atoms with van der Waals surface area (Å²) in [6, 6.07) is 1.59. The predicted octanol–water partition coefficient (Wildman–Crippen LogP) is 0.988. The molecule has 0 saturated carbocycles. The van der Waals surface area contributed by atoms with E-state index in [1.165, 1.54) is 0 Å². The molecule has 0 spiro atoms. The number of nitrogen functional groups attached to an aromatic ring is 1. The summed E-state index contributed by atoms with van der Waals surface area (Å²) >= 11 is 0. The van der Waals surface area contributed by atoms with Crippen molar-refractivity contribution in [3.8, 4) is 0 Å². The van der Waals surface area contributed by atoms with Crippen LogP contribution in [0.5, 0.6) is 0 Å². The predicted molar refractivity (Wildman–Crippen MR) is 66.9 cm³/mol. The van der Waals surface area contributed by atoms with Crippen molar-refractivity contribution in [3.63, 3.8) is 0 Å². The molecule has 0 atom stereocenters. The lowest BCUT2D eigenvalue weighted by Gasteiger charge is -2.08. The van der Waals surface area contributed by atoms with Gasteiger partial charge in [-0.05, 0) is 31.4 Å². The monoisotopic (exact) mass is 294 g/mol. The zero-order chi connectivity index (χ0) is 14.5. The van der Waals surface area contributed by atoms with Crippen LogP contribution in [0.2, 0.25) is 0 Å². The molecule has 19 heavy (non-hydrogen) atoms. The van der Waals surface area contributed by atoms with Gasteiger partial charge < -0.3 is 10.8 Å². The van der Waals surface area contributed by atoms with Gasteiger partial charge in [0, 0.05) is 18.8 Å². The minimum absolute atomic E-state index is 0.0296. The van der Waals surface area contributed by atoms with Gasteiger partial charge in [0.05, 0.1) is 0 Å². The van der Waals surface area contributed by atoms with Crippen molar-refractivity contribution in [1.29, 1.82) is 0 Å². The largest absolute Gasteiger partial charge is 0.399 e. The highest BCUT2D eigenvalue weighted by Crippen LogP contribution is 2.20. The normalized spacial score (nSPS) is 11.7. The first-order valence-electron chi connectivity index (χ1n) is 5.73. The van der Waals surface area contributed by atoms with E-state index in [1.54, 1.807) is 0 Å². The molecular weight excluding hydrogens is 278 g/mol. The molecule has 0 amide bonds. The Hall–Kier alpha value is -1.25. The van der Waals surface area contributed by atoms with E-state index in [4.69, 9.17) is 10.8 Å². The van der Waals surface area contributed by atoms with Crippen LogP contribution in [0.4, 0.5) is 14.5 Å². The molecule has 0 aliphatic carbocycles. The lowest BCUT2D eigenvalue weighted by atomic mass is 10.2. The summed E-state index contributed by atoms with van der Waals surface area (Å²) in [6.45, 7) is 0.111. The third kappa shape index (κ3) is 4.41. The van der Waals surface area contributed by atoms with Crippen LogP contribution in [-0.4, -0.2) is 26.7 Å². The first kappa shape index (κ1) is 15.8. The van der Waals surface area contributed by atoms with E-state index in [-0.39, 0.29) is 18.8 Å². The number of nitrogens with one attached hydrogen (secondary N) is 1. The quantitative estimate of drug-likeness (QED) is 0.516. The van der Waals surface area contributed by atoms with Gasteiger partial charge in [0.1, 0.15) is 4.90 Å². The second kappa shape index (κ2) is 6.78. The zero-order valence-corrected chi connectivity index (χ0v) is 11.0. The summed E-state index contributed by atoms with van der Waals surface area (Å²) in [5.41, 5.74) is 5.13. The Morgan fingerprint density at radius 2 is 1.89 bits per heavy atom. The molecule has 1 rings (SSSR count). The number of unbranched alkanes of at least 4 members (excludes halogenated alkanes) is 2. The first-order chi connectivity index (χ1) is 8.88. The summed E-state index contributed by atoms with van der Waals surface area (Å²) in [7, 11) is -4.13. The number of aliphatic hydroxyl groups excluding tert-OH is 1. The molecule has 1 aromatic carbocycles. The van der Waals surface area contributed by atoms with Gasteiger partial charge in [0.15, 0.2) is 11.6 Å². The molecule has 5 nitrogen and oxygen atoms in total. The Morgan fingerprint density at radius 1 is 1.21 bits per heavy atom. The van der Waals surface area contributed by atoms with Gasteiger partial charge in [-0.3, -0.25) is 0 Å². The van der Waals surface area contributed by atoms with Crippen molar-refractivity contribution in [2.75, 3.05) is 18.9 Å². The maximum absolute atomic E-state index is 13.4. The topological polar surface area (TPSA) is 92.4 Å². The number of sulfonamides is 1. The second-order valence-electron chi connectivity index (χ2n) is 4.00. The maximum Gasteiger partial charge on any atom is 0.243 e. The Kier molecular flexibility index (Phi) is 5.64. The third-order valence-corrected chi connectivity index (χ3v) is 3.89. The standard InChI is InChI=1S/C11H16F2N2O3S/c12-9-6-8(14)7-10(11(9)13)19(17,18)15-4-2-1-3-5-16/h6-7,15-16H,1-5,14H2. The van der Waals surface area contributed by atoms with Crippen LogP contribution in [0.1, 0.15) is 19.3 Å². The minimum atomic E-state index is -4.13. The molecule has 0 radical (unpaired) electrons. The first-order valence-corrected chi connectivity index (χ1v) is 7.22. The van der Waals surface area contributed by atoms with Crippen LogP contribution in [0.25, 0.3) is 0 Å². The molecule has 0 aliphatic rings. The molecular formula is C11H16F2N2O3S. The van der Waals surface area contributed by atoms with Crippen molar-refractivity contribution in [2.45, 2.75) is 24.2 Å². The van der Waals surface area contributed by atoms with Gasteiger partial charge in [-0.1, -0.05) is 0 Å². The minimum Gasteiger partial charge on any atom is -0.399 e. The van der Waals surface area contributed by atoms with Gasteiger partial charge in [0.2, 0.25) is 10.0 Å². The van der Waals surface area contributed by atoms with Gasteiger partial charge in [-0.2, -0.15) is 0 Å². The van der Waals surface area contributed by atoms with E-state index < -0.39 is 26.6 Å². The average molecular weight is 294 g/mol. The number of anilines is 1. The van der Waals surface area contributed by atoms with Crippen molar-refractivity contribution < 1.29 is 22.3 Å². The smallest absolute Gasteiger partial charge is 0.243 e. The molecule has 108 valence electrons.